The maximum Gasteiger partial charge on any atom is 0.200 e. The number of aryl methyl sites for hydroxylation is 3. The number of hydrogen-bond donors (Lipinski definition) is 1. The molecule has 2 N–H and O–H groups in total. The molecule has 0 radical (unpaired) electrons. The van der Waals surface area contributed by atoms with Crippen molar-refractivity contribution in [3.8, 4) is 5.82 Å². The molecule has 0 atom stereocenters. The van der Waals surface area contributed by atoms with Gasteiger partial charge < -0.3 is 5.73 Å². The Labute approximate surface area is 169 Å². The summed E-state index contributed by atoms with van der Waals surface area (Å²) in [4.78, 5) is 17.4. The topological polar surface area (TPSA) is 78.7 Å². The number of halogens is 3. The smallest absolute Gasteiger partial charge is 0.200 e. The molecule has 140 valence electrons. The van der Waals surface area contributed by atoms with Crippen LogP contribution in [-0.4, -0.2) is 25.1 Å². The minimum absolute atomic E-state index is 0. The van der Waals surface area contributed by atoms with E-state index in [0.29, 0.717) is 33.5 Å². The molecule has 3 aromatic rings. The first-order valence-electron chi connectivity index (χ1n) is 7.52. The van der Waals surface area contributed by atoms with Gasteiger partial charge in [-0.3, -0.25) is 14.0 Å². The van der Waals surface area contributed by atoms with E-state index in [1.165, 1.54) is 0 Å². The van der Waals surface area contributed by atoms with E-state index >= 15 is 0 Å². The third-order valence-corrected chi connectivity index (χ3v) is 4.27. The lowest BCUT2D eigenvalue weighted by Gasteiger charge is -2.12. The summed E-state index contributed by atoms with van der Waals surface area (Å²) in [6.07, 6.45) is 1.73. The van der Waals surface area contributed by atoms with Crippen molar-refractivity contribution in [3.05, 3.63) is 63.8 Å². The molecule has 0 aliphatic carbocycles. The van der Waals surface area contributed by atoms with Crippen LogP contribution in [0.25, 0.3) is 5.82 Å². The van der Waals surface area contributed by atoms with Gasteiger partial charge in [0.2, 0.25) is 0 Å². The third-order valence-electron chi connectivity index (χ3n) is 3.94. The highest BCUT2D eigenvalue weighted by Crippen LogP contribution is 2.27. The molecular weight excluding hydrogens is 397 g/mol. The SMILES string of the molecule is Cc1nn(C)c(-n2c(C)cnc2CN)c1C(=O)c1ccccc1Cl.Cl.Cl. The van der Waals surface area contributed by atoms with E-state index in [1.54, 1.807) is 42.2 Å². The summed E-state index contributed by atoms with van der Waals surface area (Å²) in [6.45, 7) is 3.98. The molecule has 26 heavy (non-hydrogen) atoms. The molecule has 0 unspecified atom stereocenters. The minimum Gasteiger partial charge on any atom is -0.324 e. The summed E-state index contributed by atoms with van der Waals surface area (Å²) in [5, 5.41) is 4.84. The average Bonchev–Trinajstić information content (AvgIpc) is 3.05. The first kappa shape index (κ1) is 22.2. The molecule has 3 rings (SSSR count). The first-order chi connectivity index (χ1) is 11.5. The molecule has 0 spiro atoms. The molecule has 1 aromatic carbocycles. The van der Waals surface area contributed by atoms with Crippen molar-refractivity contribution < 1.29 is 4.79 Å². The Morgan fingerprint density at radius 2 is 1.88 bits per heavy atom. The lowest BCUT2D eigenvalue weighted by atomic mass is 10.0. The average molecular weight is 417 g/mol. The zero-order chi connectivity index (χ0) is 17.4. The molecule has 6 nitrogen and oxygen atoms in total. The highest BCUT2D eigenvalue weighted by Gasteiger charge is 2.26. The van der Waals surface area contributed by atoms with E-state index in [1.807, 2.05) is 18.4 Å². The maximum absolute atomic E-state index is 13.1. The summed E-state index contributed by atoms with van der Waals surface area (Å²) in [5.74, 6) is 1.15. The van der Waals surface area contributed by atoms with Crippen molar-refractivity contribution in [1.29, 1.82) is 0 Å². The van der Waals surface area contributed by atoms with E-state index < -0.39 is 0 Å². The summed E-state index contributed by atoms with van der Waals surface area (Å²) < 4.78 is 3.54. The van der Waals surface area contributed by atoms with Gasteiger partial charge >= 0.3 is 0 Å². The molecule has 0 saturated heterocycles. The van der Waals surface area contributed by atoms with Gasteiger partial charge in [-0.25, -0.2) is 4.98 Å². The second-order valence-electron chi connectivity index (χ2n) is 5.57. The van der Waals surface area contributed by atoms with Crippen LogP contribution >= 0.6 is 36.4 Å². The number of imidazole rings is 1. The van der Waals surface area contributed by atoms with Gasteiger partial charge in [0.1, 0.15) is 11.6 Å². The van der Waals surface area contributed by atoms with Crippen LogP contribution in [0.5, 0.6) is 0 Å². The number of rotatable bonds is 4. The van der Waals surface area contributed by atoms with E-state index in [2.05, 4.69) is 10.1 Å². The quantitative estimate of drug-likeness (QED) is 0.661. The number of hydrogen-bond acceptors (Lipinski definition) is 4. The van der Waals surface area contributed by atoms with E-state index in [9.17, 15) is 4.79 Å². The minimum atomic E-state index is -0.169. The largest absolute Gasteiger partial charge is 0.324 e. The molecule has 0 aliphatic heterocycles. The van der Waals surface area contributed by atoms with Crippen LogP contribution in [0.1, 0.15) is 33.1 Å². The molecule has 0 bridgehead atoms. The normalized spacial score (nSPS) is 10.2. The van der Waals surface area contributed by atoms with Gasteiger partial charge in [-0.15, -0.1) is 24.8 Å². The maximum atomic E-state index is 13.1. The number of benzene rings is 1. The Balaban J connectivity index is 0.00000169. The first-order valence-corrected chi connectivity index (χ1v) is 7.90. The van der Waals surface area contributed by atoms with Crippen molar-refractivity contribution in [3.63, 3.8) is 0 Å². The highest BCUT2D eigenvalue weighted by molar-refractivity contribution is 6.35. The van der Waals surface area contributed by atoms with Gasteiger partial charge in [0, 0.05) is 24.5 Å². The van der Waals surface area contributed by atoms with Crippen LogP contribution in [0.4, 0.5) is 0 Å². The molecule has 0 saturated carbocycles. The van der Waals surface area contributed by atoms with Gasteiger partial charge in [0.05, 0.1) is 22.8 Å². The molecule has 0 fully saturated rings. The van der Waals surface area contributed by atoms with Crippen LogP contribution in [0.2, 0.25) is 5.02 Å². The van der Waals surface area contributed by atoms with Crippen LogP contribution in [-0.2, 0) is 13.6 Å². The number of carbonyl (C=O) groups is 1. The Kier molecular flexibility index (Phi) is 7.41. The Morgan fingerprint density at radius 1 is 1.23 bits per heavy atom. The Bertz CT molecular complexity index is 933. The van der Waals surface area contributed by atoms with Crippen molar-refractivity contribution in [2.75, 3.05) is 0 Å². The second kappa shape index (κ2) is 8.68. The van der Waals surface area contributed by atoms with Crippen LogP contribution in [0, 0.1) is 13.8 Å². The third kappa shape index (κ3) is 3.64. The van der Waals surface area contributed by atoms with Gasteiger partial charge in [0.25, 0.3) is 0 Å². The molecule has 2 aromatic heterocycles. The summed E-state index contributed by atoms with van der Waals surface area (Å²) >= 11 is 6.21. The summed E-state index contributed by atoms with van der Waals surface area (Å²) in [5.41, 5.74) is 8.26. The highest BCUT2D eigenvalue weighted by atomic mass is 35.5. The Morgan fingerprint density at radius 3 is 2.50 bits per heavy atom. The molecular formula is C17H20Cl3N5O. The molecule has 0 amide bonds. The van der Waals surface area contributed by atoms with Crippen molar-refractivity contribution in [2.45, 2.75) is 20.4 Å². The number of nitrogens with zero attached hydrogens (tertiary/aromatic N) is 4. The van der Waals surface area contributed by atoms with Crippen LogP contribution in [0.15, 0.2) is 30.5 Å². The van der Waals surface area contributed by atoms with Crippen molar-refractivity contribution in [1.82, 2.24) is 19.3 Å². The fraction of sp³-hybridized carbons (Fsp3) is 0.235. The fourth-order valence-electron chi connectivity index (χ4n) is 2.87. The van der Waals surface area contributed by atoms with Gasteiger partial charge in [0.15, 0.2) is 5.78 Å². The number of aromatic nitrogens is 4. The zero-order valence-electron chi connectivity index (χ0n) is 14.6. The number of ketones is 1. The molecule has 0 aliphatic rings. The van der Waals surface area contributed by atoms with E-state index in [4.69, 9.17) is 17.3 Å². The number of nitrogens with two attached hydrogens (primary N) is 1. The zero-order valence-corrected chi connectivity index (χ0v) is 17.0. The number of carbonyl (C=O) groups excluding carboxylic acids is 1. The van der Waals surface area contributed by atoms with E-state index in [0.717, 1.165) is 5.69 Å². The van der Waals surface area contributed by atoms with Crippen LogP contribution in [0.3, 0.4) is 0 Å². The van der Waals surface area contributed by atoms with Gasteiger partial charge in [-0.1, -0.05) is 23.7 Å². The lowest BCUT2D eigenvalue weighted by Crippen LogP contribution is -2.15. The van der Waals surface area contributed by atoms with Crippen LogP contribution < -0.4 is 5.73 Å². The van der Waals surface area contributed by atoms with Gasteiger partial charge in [-0.05, 0) is 26.0 Å². The predicted octanol–water partition coefficient (Wildman–Crippen LogP) is 3.41. The van der Waals surface area contributed by atoms with Gasteiger partial charge in [-0.2, -0.15) is 5.10 Å². The van der Waals surface area contributed by atoms with E-state index in [-0.39, 0.29) is 37.1 Å². The lowest BCUT2D eigenvalue weighted by molar-refractivity contribution is 0.103. The fourth-order valence-corrected chi connectivity index (χ4v) is 3.09. The Hall–Kier alpha value is -1.86. The summed E-state index contributed by atoms with van der Waals surface area (Å²) in [7, 11) is 1.80. The van der Waals surface area contributed by atoms with Crippen molar-refractivity contribution in [2.24, 2.45) is 12.8 Å². The predicted molar refractivity (Wildman–Crippen MR) is 107 cm³/mol. The summed E-state index contributed by atoms with van der Waals surface area (Å²) in [6, 6.07) is 7.00. The molecule has 9 heteroatoms. The standard InChI is InChI=1S/C17H18ClN5O.2ClH/c1-10-9-20-14(8-19)23(10)17-15(11(2)21-22(17)3)16(24)12-6-4-5-7-13(12)18;;/h4-7,9H,8,19H2,1-3H3;2*1H. The second-order valence-corrected chi connectivity index (χ2v) is 5.98. The monoisotopic (exact) mass is 415 g/mol. The molecule has 2 heterocycles. The van der Waals surface area contributed by atoms with Crippen molar-refractivity contribution >= 4 is 42.2 Å².